The van der Waals surface area contributed by atoms with E-state index in [0.717, 1.165) is 4.90 Å². The van der Waals surface area contributed by atoms with Gasteiger partial charge in [0.1, 0.15) is 0 Å². The van der Waals surface area contributed by atoms with Gasteiger partial charge in [-0.05, 0) is 26.0 Å². The number of imide groups is 1. The van der Waals surface area contributed by atoms with Crippen molar-refractivity contribution < 1.29 is 19.2 Å². The van der Waals surface area contributed by atoms with Crippen molar-refractivity contribution in [2.24, 2.45) is 0 Å². The SMILES string of the molecule is C[C@@H]1CN([C@@H]2CC(=O)N(c3ccc([N+](=O)[O-])cc3)C2=O)C[C@H](C)O1. The van der Waals surface area contributed by atoms with E-state index in [9.17, 15) is 19.7 Å². The van der Waals surface area contributed by atoms with E-state index in [1.807, 2.05) is 18.7 Å². The molecule has 2 saturated heterocycles. The molecule has 2 heterocycles. The number of non-ortho nitro benzene ring substituents is 1. The first-order valence-corrected chi connectivity index (χ1v) is 7.87. The number of morpholine rings is 1. The first-order chi connectivity index (χ1) is 11.4. The highest BCUT2D eigenvalue weighted by Gasteiger charge is 2.44. The predicted octanol–water partition coefficient (Wildman–Crippen LogP) is 1.34. The van der Waals surface area contributed by atoms with Gasteiger partial charge < -0.3 is 4.74 Å². The number of amides is 2. The number of anilines is 1. The van der Waals surface area contributed by atoms with E-state index in [1.165, 1.54) is 24.3 Å². The van der Waals surface area contributed by atoms with Crippen molar-refractivity contribution in [2.75, 3.05) is 18.0 Å². The minimum Gasteiger partial charge on any atom is -0.373 e. The second-order valence-corrected chi connectivity index (χ2v) is 6.27. The molecule has 3 rings (SSSR count). The molecule has 1 aromatic rings. The molecule has 0 spiro atoms. The lowest BCUT2D eigenvalue weighted by Gasteiger charge is -2.37. The lowest BCUT2D eigenvalue weighted by Crippen LogP contribution is -2.52. The van der Waals surface area contributed by atoms with Crippen LogP contribution < -0.4 is 4.90 Å². The van der Waals surface area contributed by atoms with Gasteiger partial charge in [-0.1, -0.05) is 0 Å². The smallest absolute Gasteiger partial charge is 0.269 e. The Labute approximate surface area is 139 Å². The molecular weight excluding hydrogens is 314 g/mol. The number of carbonyl (C=O) groups excluding carboxylic acids is 2. The van der Waals surface area contributed by atoms with Crippen molar-refractivity contribution in [1.82, 2.24) is 4.90 Å². The summed E-state index contributed by atoms with van der Waals surface area (Å²) in [6.45, 7) is 5.08. The van der Waals surface area contributed by atoms with Gasteiger partial charge in [0.05, 0.1) is 35.3 Å². The van der Waals surface area contributed by atoms with E-state index in [0.29, 0.717) is 18.8 Å². The molecule has 3 atom stereocenters. The van der Waals surface area contributed by atoms with Crippen molar-refractivity contribution in [3.8, 4) is 0 Å². The topological polar surface area (TPSA) is 93.0 Å². The Balaban J connectivity index is 1.80. The Bertz CT molecular complexity index is 665. The van der Waals surface area contributed by atoms with Crippen LogP contribution in [0.2, 0.25) is 0 Å². The Kier molecular flexibility index (Phi) is 4.33. The highest BCUT2D eigenvalue weighted by Crippen LogP contribution is 2.28. The van der Waals surface area contributed by atoms with E-state index in [4.69, 9.17) is 4.74 Å². The molecule has 0 aromatic heterocycles. The van der Waals surface area contributed by atoms with Crippen LogP contribution in [-0.2, 0) is 14.3 Å². The van der Waals surface area contributed by atoms with Gasteiger partial charge in [-0.15, -0.1) is 0 Å². The molecule has 24 heavy (non-hydrogen) atoms. The summed E-state index contributed by atoms with van der Waals surface area (Å²) in [4.78, 5) is 38.4. The number of nitro benzene ring substituents is 1. The van der Waals surface area contributed by atoms with Crippen LogP contribution in [0.1, 0.15) is 20.3 Å². The average molecular weight is 333 g/mol. The van der Waals surface area contributed by atoms with Gasteiger partial charge >= 0.3 is 0 Å². The number of ether oxygens (including phenoxy) is 1. The summed E-state index contributed by atoms with van der Waals surface area (Å²) >= 11 is 0. The number of rotatable bonds is 3. The summed E-state index contributed by atoms with van der Waals surface area (Å²) in [6, 6.07) is 4.95. The molecule has 8 nitrogen and oxygen atoms in total. The van der Waals surface area contributed by atoms with Gasteiger partial charge in [0.15, 0.2) is 0 Å². The van der Waals surface area contributed by atoms with Gasteiger partial charge in [-0.3, -0.25) is 24.6 Å². The van der Waals surface area contributed by atoms with Gasteiger partial charge in [0.2, 0.25) is 5.91 Å². The van der Waals surface area contributed by atoms with Gasteiger partial charge in [-0.25, -0.2) is 4.90 Å². The van der Waals surface area contributed by atoms with Crippen LogP contribution in [0.4, 0.5) is 11.4 Å². The average Bonchev–Trinajstić information content (AvgIpc) is 2.81. The van der Waals surface area contributed by atoms with Crippen LogP contribution in [0.15, 0.2) is 24.3 Å². The number of benzene rings is 1. The predicted molar refractivity (Wildman–Crippen MR) is 85.6 cm³/mol. The fraction of sp³-hybridized carbons (Fsp3) is 0.500. The Morgan fingerprint density at radius 1 is 1.12 bits per heavy atom. The van der Waals surface area contributed by atoms with Crippen LogP contribution in [-0.4, -0.2) is 53.0 Å². The maximum Gasteiger partial charge on any atom is 0.269 e. The van der Waals surface area contributed by atoms with Crippen molar-refractivity contribution in [3.63, 3.8) is 0 Å². The molecule has 0 unspecified atom stereocenters. The Morgan fingerprint density at radius 3 is 2.25 bits per heavy atom. The molecule has 128 valence electrons. The molecule has 2 amide bonds. The third kappa shape index (κ3) is 3.02. The molecule has 0 saturated carbocycles. The number of nitro groups is 1. The second kappa shape index (κ2) is 6.29. The van der Waals surface area contributed by atoms with Crippen molar-refractivity contribution in [3.05, 3.63) is 34.4 Å². The number of hydrogen-bond donors (Lipinski definition) is 0. The molecule has 0 aliphatic carbocycles. The second-order valence-electron chi connectivity index (χ2n) is 6.27. The summed E-state index contributed by atoms with van der Waals surface area (Å²) < 4.78 is 5.67. The highest BCUT2D eigenvalue weighted by molar-refractivity contribution is 6.22. The lowest BCUT2D eigenvalue weighted by molar-refractivity contribution is -0.384. The maximum atomic E-state index is 12.7. The minimum atomic E-state index is -0.517. The van der Waals surface area contributed by atoms with Gasteiger partial charge in [-0.2, -0.15) is 0 Å². The van der Waals surface area contributed by atoms with Crippen molar-refractivity contribution in [2.45, 2.75) is 38.5 Å². The normalized spacial score (nSPS) is 28.4. The summed E-state index contributed by atoms with van der Waals surface area (Å²) in [5.41, 5.74) is 0.290. The van der Waals surface area contributed by atoms with Crippen molar-refractivity contribution in [1.29, 1.82) is 0 Å². The van der Waals surface area contributed by atoms with E-state index in [1.54, 1.807) is 0 Å². The van der Waals surface area contributed by atoms with Crippen molar-refractivity contribution >= 4 is 23.2 Å². The fourth-order valence-electron chi connectivity index (χ4n) is 3.37. The summed E-state index contributed by atoms with van der Waals surface area (Å²) in [7, 11) is 0. The number of carbonyl (C=O) groups is 2. The summed E-state index contributed by atoms with van der Waals surface area (Å²) in [5, 5.41) is 10.7. The molecule has 0 radical (unpaired) electrons. The van der Waals surface area contributed by atoms with Crippen LogP contribution in [0.25, 0.3) is 0 Å². The zero-order valence-electron chi connectivity index (χ0n) is 13.5. The molecule has 2 aliphatic heterocycles. The summed E-state index contributed by atoms with van der Waals surface area (Å²) in [5.74, 6) is -0.569. The van der Waals surface area contributed by atoms with Gasteiger partial charge in [0, 0.05) is 25.2 Å². The molecule has 2 aliphatic rings. The Hall–Kier alpha value is -2.32. The largest absolute Gasteiger partial charge is 0.373 e. The van der Waals surface area contributed by atoms with E-state index < -0.39 is 11.0 Å². The van der Waals surface area contributed by atoms with E-state index in [2.05, 4.69) is 0 Å². The first-order valence-electron chi connectivity index (χ1n) is 7.87. The standard InChI is InChI=1S/C16H19N3O5/c1-10-8-17(9-11(2)24-10)14-7-15(20)18(16(14)21)12-3-5-13(6-4-12)19(22)23/h3-6,10-11,14H,7-9H2,1-2H3/t10-,11+,14-/m1/s1. The van der Waals surface area contributed by atoms with E-state index >= 15 is 0 Å². The molecule has 8 heteroatoms. The van der Waals surface area contributed by atoms with Gasteiger partial charge in [0.25, 0.3) is 11.6 Å². The lowest BCUT2D eigenvalue weighted by atomic mass is 10.1. The summed E-state index contributed by atoms with van der Waals surface area (Å²) in [6.07, 6.45) is 0.130. The quantitative estimate of drug-likeness (QED) is 0.471. The molecular formula is C16H19N3O5. The third-order valence-electron chi connectivity index (χ3n) is 4.33. The third-order valence-corrected chi connectivity index (χ3v) is 4.33. The zero-order chi connectivity index (χ0) is 17.4. The number of hydrogen-bond acceptors (Lipinski definition) is 6. The number of nitrogens with zero attached hydrogens (tertiary/aromatic N) is 3. The molecule has 0 bridgehead atoms. The minimum absolute atomic E-state index is 0.00470. The Morgan fingerprint density at radius 2 is 1.71 bits per heavy atom. The van der Waals surface area contributed by atoms with E-state index in [-0.39, 0.29) is 36.1 Å². The first kappa shape index (κ1) is 16.5. The molecule has 0 N–H and O–H groups in total. The van der Waals surface area contributed by atoms with Crippen LogP contribution in [0, 0.1) is 10.1 Å². The highest BCUT2D eigenvalue weighted by atomic mass is 16.6. The van der Waals surface area contributed by atoms with Crippen LogP contribution in [0.5, 0.6) is 0 Å². The molecule has 1 aromatic carbocycles. The fourth-order valence-corrected chi connectivity index (χ4v) is 3.37. The van der Waals surface area contributed by atoms with Crippen LogP contribution >= 0.6 is 0 Å². The molecule has 2 fully saturated rings. The maximum absolute atomic E-state index is 12.7. The van der Waals surface area contributed by atoms with Crippen LogP contribution in [0.3, 0.4) is 0 Å². The monoisotopic (exact) mass is 333 g/mol. The zero-order valence-corrected chi connectivity index (χ0v) is 13.5.